The number of H-pyrrole nitrogens is 1. The number of hydrogen-bond donors (Lipinski definition) is 1. The zero-order valence-corrected chi connectivity index (χ0v) is 13.9. The van der Waals surface area contributed by atoms with Crippen molar-refractivity contribution in [1.82, 2.24) is 4.98 Å². The maximum atomic E-state index is 12.3. The van der Waals surface area contributed by atoms with Gasteiger partial charge in [-0.1, -0.05) is 19.1 Å². The molecule has 3 nitrogen and oxygen atoms in total. The van der Waals surface area contributed by atoms with Crippen molar-refractivity contribution in [3.8, 4) is 11.5 Å². The van der Waals surface area contributed by atoms with Crippen molar-refractivity contribution >= 4 is 6.08 Å². The van der Waals surface area contributed by atoms with E-state index in [1.54, 1.807) is 6.08 Å². The van der Waals surface area contributed by atoms with Gasteiger partial charge >= 0.3 is 0 Å². The Morgan fingerprint density at radius 3 is 2.32 bits per heavy atom. The largest absolute Gasteiger partial charge is 0.456 e. The molecule has 0 aliphatic rings. The highest BCUT2D eigenvalue weighted by Crippen LogP contribution is 2.31. The molecule has 1 heterocycles. The SMILES string of the molecule is C/C=C/c1c(Oc2cc(C)cc(C)c2)c(CC)c(C)[nH]c1=O. The van der Waals surface area contributed by atoms with Crippen LogP contribution in [0.3, 0.4) is 0 Å². The summed E-state index contributed by atoms with van der Waals surface area (Å²) in [6, 6.07) is 6.08. The monoisotopic (exact) mass is 297 g/mol. The maximum Gasteiger partial charge on any atom is 0.259 e. The first-order valence-electron chi connectivity index (χ1n) is 7.60. The van der Waals surface area contributed by atoms with Gasteiger partial charge in [0.1, 0.15) is 11.5 Å². The van der Waals surface area contributed by atoms with Crippen molar-refractivity contribution < 1.29 is 4.74 Å². The molecule has 0 aliphatic heterocycles. The first kappa shape index (κ1) is 16.1. The van der Waals surface area contributed by atoms with Crippen molar-refractivity contribution in [3.05, 3.63) is 62.6 Å². The number of nitrogens with one attached hydrogen (secondary N) is 1. The zero-order valence-electron chi connectivity index (χ0n) is 13.9. The topological polar surface area (TPSA) is 42.1 Å². The van der Waals surface area contributed by atoms with Gasteiger partial charge in [0.15, 0.2) is 0 Å². The van der Waals surface area contributed by atoms with Crippen molar-refractivity contribution in [1.29, 1.82) is 0 Å². The molecule has 0 fully saturated rings. The van der Waals surface area contributed by atoms with Gasteiger partial charge in [-0.05, 0) is 63.5 Å². The minimum Gasteiger partial charge on any atom is -0.456 e. The second-order valence-electron chi connectivity index (χ2n) is 5.58. The summed E-state index contributed by atoms with van der Waals surface area (Å²) in [5.41, 5.74) is 4.63. The molecule has 1 N–H and O–H groups in total. The van der Waals surface area contributed by atoms with Gasteiger partial charge in [-0.2, -0.15) is 0 Å². The number of allylic oxidation sites excluding steroid dienone is 1. The lowest BCUT2D eigenvalue weighted by molar-refractivity contribution is 0.472. The molecule has 116 valence electrons. The second-order valence-corrected chi connectivity index (χ2v) is 5.58. The highest BCUT2D eigenvalue weighted by molar-refractivity contribution is 5.60. The van der Waals surface area contributed by atoms with E-state index in [4.69, 9.17) is 4.74 Å². The van der Waals surface area contributed by atoms with Crippen LogP contribution in [0.15, 0.2) is 29.1 Å². The third-order valence-corrected chi connectivity index (χ3v) is 3.62. The Kier molecular flexibility index (Phi) is 4.86. The van der Waals surface area contributed by atoms with E-state index in [1.165, 1.54) is 0 Å². The number of aromatic nitrogens is 1. The van der Waals surface area contributed by atoms with Crippen molar-refractivity contribution in [2.45, 2.75) is 41.0 Å². The Hall–Kier alpha value is -2.29. The van der Waals surface area contributed by atoms with Crippen LogP contribution in [0, 0.1) is 20.8 Å². The third kappa shape index (κ3) is 3.30. The first-order chi connectivity index (χ1) is 10.5. The molecule has 0 saturated heterocycles. The number of pyridine rings is 1. The predicted molar refractivity (Wildman–Crippen MR) is 91.9 cm³/mol. The van der Waals surface area contributed by atoms with Crippen LogP contribution in [-0.4, -0.2) is 4.98 Å². The van der Waals surface area contributed by atoms with Gasteiger partial charge in [-0.25, -0.2) is 0 Å². The summed E-state index contributed by atoms with van der Waals surface area (Å²) in [4.78, 5) is 15.2. The highest BCUT2D eigenvalue weighted by atomic mass is 16.5. The average Bonchev–Trinajstić information content (AvgIpc) is 2.42. The van der Waals surface area contributed by atoms with Crippen LogP contribution in [0.4, 0.5) is 0 Å². The van der Waals surface area contributed by atoms with E-state index in [0.717, 1.165) is 34.6 Å². The quantitative estimate of drug-likeness (QED) is 0.889. The number of hydrogen-bond acceptors (Lipinski definition) is 2. The summed E-state index contributed by atoms with van der Waals surface area (Å²) < 4.78 is 6.14. The molecule has 0 spiro atoms. The Bertz CT molecular complexity index is 749. The molecule has 2 aromatic rings. The van der Waals surface area contributed by atoms with Crippen LogP contribution in [-0.2, 0) is 6.42 Å². The molecule has 0 unspecified atom stereocenters. The second kappa shape index (κ2) is 6.65. The molecular weight excluding hydrogens is 274 g/mol. The van der Waals surface area contributed by atoms with Gasteiger partial charge in [0.25, 0.3) is 5.56 Å². The summed E-state index contributed by atoms with van der Waals surface area (Å²) in [5.74, 6) is 1.43. The molecular formula is C19H23NO2. The normalized spacial score (nSPS) is 11.1. The lowest BCUT2D eigenvalue weighted by atomic mass is 10.1. The molecule has 2 rings (SSSR count). The Morgan fingerprint density at radius 1 is 1.14 bits per heavy atom. The zero-order chi connectivity index (χ0) is 16.3. The van der Waals surface area contributed by atoms with E-state index < -0.39 is 0 Å². The van der Waals surface area contributed by atoms with E-state index in [0.29, 0.717) is 11.3 Å². The Labute approximate surface area is 131 Å². The molecule has 0 aliphatic carbocycles. The molecule has 0 radical (unpaired) electrons. The molecule has 0 atom stereocenters. The lowest BCUT2D eigenvalue weighted by Gasteiger charge is -2.15. The standard InChI is InChI=1S/C19H23NO2/c1-6-8-17-18(16(7-2)14(5)20-19(17)21)22-15-10-12(3)9-13(4)11-15/h6,8-11H,7H2,1-5H3,(H,20,21)/b8-6+. The van der Waals surface area contributed by atoms with E-state index >= 15 is 0 Å². The van der Waals surface area contributed by atoms with Crippen LogP contribution >= 0.6 is 0 Å². The van der Waals surface area contributed by atoms with Crippen LogP contribution < -0.4 is 10.3 Å². The lowest BCUT2D eigenvalue weighted by Crippen LogP contribution is -2.15. The number of aryl methyl sites for hydroxylation is 3. The Balaban J connectivity index is 2.64. The number of aromatic amines is 1. The van der Waals surface area contributed by atoms with Crippen LogP contribution in [0.5, 0.6) is 11.5 Å². The van der Waals surface area contributed by atoms with Crippen LogP contribution in [0.2, 0.25) is 0 Å². The van der Waals surface area contributed by atoms with Crippen molar-refractivity contribution in [2.24, 2.45) is 0 Å². The minimum atomic E-state index is -0.118. The molecule has 22 heavy (non-hydrogen) atoms. The molecule has 3 heteroatoms. The van der Waals surface area contributed by atoms with E-state index in [-0.39, 0.29) is 5.56 Å². The van der Waals surface area contributed by atoms with E-state index in [9.17, 15) is 4.79 Å². The van der Waals surface area contributed by atoms with Gasteiger partial charge in [-0.15, -0.1) is 0 Å². The van der Waals surface area contributed by atoms with Gasteiger partial charge in [0.05, 0.1) is 5.56 Å². The highest BCUT2D eigenvalue weighted by Gasteiger charge is 2.15. The van der Waals surface area contributed by atoms with Gasteiger partial charge < -0.3 is 9.72 Å². The molecule has 1 aromatic carbocycles. The smallest absolute Gasteiger partial charge is 0.259 e. The summed E-state index contributed by atoms with van der Waals surface area (Å²) in [6.45, 7) is 9.95. The summed E-state index contributed by atoms with van der Waals surface area (Å²) in [7, 11) is 0. The fourth-order valence-corrected chi connectivity index (χ4v) is 2.72. The van der Waals surface area contributed by atoms with Gasteiger partial charge in [0.2, 0.25) is 0 Å². The number of ether oxygens (including phenoxy) is 1. The van der Waals surface area contributed by atoms with Gasteiger partial charge in [-0.3, -0.25) is 4.79 Å². The Morgan fingerprint density at radius 2 is 1.77 bits per heavy atom. The molecule has 0 amide bonds. The van der Waals surface area contributed by atoms with E-state index in [2.05, 4.69) is 18.0 Å². The van der Waals surface area contributed by atoms with Crippen molar-refractivity contribution in [3.63, 3.8) is 0 Å². The van der Waals surface area contributed by atoms with Crippen molar-refractivity contribution in [2.75, 3.05) is 0 Å². The summed E-state index contributed by atoms with van der Waals surface area (Å²) in [6.07, 6.45) is 4.45. The molecule has 0 bridgehead atoms. The minimum absolute atomic E-state index is 0.118. The van der Waals surface area contributed by atoms with Gasteiger partial charge in [0, 0.05) is 11.3 Å². The summed E-state index contributed by atoms with van der Waals surface area (Å²) in [5, 5.41) is 0. The molecule has 0 saturated carbocycles. The van der Waals surface area contributed by atoms with Crippen LogP contribution in [0.25, 0.3) is 6.08 Å². The first-order valence-corrected chi connectivity index (χ1v) is 7.60. The fraction of sp³-hybridized carbons (Fsp3) is 0.316. The maximum absolute atomic E-state index is 12.3. The fourth-order valence-electron chi connectivity index (χ4n) is 2.72. The number of benzene rings is 1. The predicted octanol–water partition coefficient (Wildman–Crippen LogP) is 4.69. The number of rotatable bonds is 4. The molecule has 1 aromatic heterocycles. The van der Waals surface area contributed by atoms with E-state index in [1.807, 2.05) is 45.9 Å². The summed E-state index contributed by atoms with van der Waals surface area (Å²) >= 11 is 0. The third-order valence-electron chi connectivity index (χ3n) is 3.62. The average molecular weight is 297 g/mol. The van der Waals surface area contributed by atoms with Crippen LogP contribution in [0.1, 0.15) is 41.8 Å².